The number of amides is 1. The SMILES string of the molecule is O=C(NCCc1c(C2CC2)ccc2[nH]ncc12)c1ccsc1. The molecule has 0 atom stereocenters. The number of carbonyl (C=O) groups is 1. The number of fused-ring (bicyclic) bond motifs is 1. The van der Waals surface area contributed by atoms with E-state index in [1.54, 1.807) is 11.3 Å². The summed E-state index contributed by atoms with van der Waals surface area (Å²) in [5.41, 5.74) is 4.58. The monoisotopic (exact) mass is 311 g/mol. The highest BCUT2D eigenvalue weighted by atomic mass is 32.1. The standard InChI is InChI=1S/C17H17N3OS/c21-17(12-6-8-22-10-12)18-7-5-14-13(11-1-2-11)3-4-16-15(14)9-19-20-16/h3-4,6,8-11H,1-2,5,7H2,(H,18,21)(H,19,20). The molecule has 22 heavy (non-hydrogen) atoms. The van der Waals surface area contributed by atoms with Crippen molar-refractivity contribution in [3.63, 3.8) is 0 Å². The van der Waals surface area contributed by atoms with Crippen molar-refractivity contribution in [1.29, 1.82) is 0 Å². The predicted molar refractivity (Wildman–Crippen MR) is 88.4 cm³/mol. The Balaban J connectivity index is 1.52. The Bertz CT molecular complexity index is 803. The van der Waals surface area contributed by atoms with Crippen molar-refractivity contribution in [2.45, 2.75) is 25.2 Å². The minimum atomic E-state index is 0.00795. The predicted octanol–water partition coefficient (Wildman–Crippen LogP) is 3.47. The first kappa shape index (κ1) is 13.5. The Morgan fingerprint density at radius 3 is 3.05 bits per heavy atom. The van der Waals surface area contributed by atoms with Crippen LogP contribution in [0.3, 0.4) is 0 Å². The highest BCUT2D eigenvalue weighted by molar-refractivity contribution is 7.08. The molecule has 0 radical (unpaired) electrons. The fourth-order valence-corrected chi connectivity index (χ4v) is 3.58. The molecule has 2 aromatic heterocycles. The Morgan fingerprint density at radius 2 is 2.27 bits per heavy atom. The Labute approximate surface area is 132 Å². The molecule has 0 spiro atoms. The molecule has 3 aromatic rings. The summed E-state index contributed by atoms with van der Waals surface area (Å²) in [5, 5.41) is 15.2. The van der Waals surface area contributed by atoms with Crippen LogP contribution in [0.5, 0.6) is 0 Å². The number of benzene rings is 1. The summed E-state index contributed by atoms with van der Waals surface area (Å²) in [7, 11) is 0. The Kier molecular flexibility index (Phi) is 3.42. The van der Waals surface area contributed by atoms with E-state index in [0.717, 1.165) is 17.5 Å². The molecule has 1 fully saturated rings. The maximum Gasteiger partial charge on any atom is 0.252 e. The van der Waals surface area contributed by atoms with Crippen LogP contribution in [0.4, 0.5) is 0 Å². The van der Waals surface area contributed by atoms with Gasteiger partial charge in [-0.15, -0.1) is 0 Å². The van der Waals surface area contributed by atoms with Crippen LogP contribution in [-0.4, -0.2) is 22.6 Å². The Hall–Kier alpha value is -2.14. The summed E-state index contributed by atoms with van der Waals surface area (Å²) < 4.78 is 0. The summed E-state index contributed by atoms with van der Waals surface area (Å²) in [5.74, 6) is 0.704. The molecule has 4 nitrogen and oxygen atoms in total. The molecule has 1 aliphatic rings. The van der Waals surface area contributed by atoms with Gasteiger partial charge in [-0.1, -0.05) is 6.07 Å². The second-order valence-corrected chi connectivity index (χ2v) is 6.54. The Morgan fingerprint density at radius 1 is 1.36 bits per heavy atom. The van der Waals surface area contributed by atoms with Gasteiger partial charge in [-0.05, 0) is 53.8 Å². The summed E-state index contributed by atoms with van der Waals surface area (Å²) in [6.45, 7) is 0.651. The van der Waals surface area contributed by atoms with E-state index in [9.17, 15) is 4.79 Å². The third-order valence-electron chi connectivity index (χ3n) is 4.23. The molecule has 5 heteroatoms. The molecule has 0 aliphatic heterocycles. The van der Waals surface area contributed by atoms with Crippen LogP contribution in [0.2, 0.25) is 0 Å². The van der Waals surface area contributed by atoms with Crippen molar-refractivity contribution in [1.82, 2.24) is 15.5 Å². The molecule has 112 valence electrons. The van der Waals surface area contributed by atoms with Crippen LogP contribution >= 0.6 is 11.3 Å². The lowest BCUT2D eigenvalue weighted by Crippen LogP contribution is -2.25. The number of carbonyl (C=O) groups excluding carboxylic acids is 1. The normalized spacial score (nSPS) is 14.4. The van der Waals surface area contributed by atoms with Gasteiger partial charge in [0.2, 0.25) is 0 Å². The van der Waals surface area contributed by atoms with Crippen LogP contribution in [0.25, 0.3) is 10.9 Å². The van der Waals surface area contributed by atoms with E-state index in [4.69, 9.17) is 0 Å². The van der Waals surface area contributed by atoms with Crippen LogP contribution in [0.15, 0.2) is 35.2 Å². The van der Waals surface area contributed by atoms with Crippen molar-refractivity contribution >= 4 is 28.1 Å². The lowest BCUT2D eigenvalue weighted by molar-refractivity contribution is 0.0954. The van der Waals surface area contributed by atoms with Gasteiger partial charge in [-0.3, -0.25) is 9.89 Å². The van der Waals surface area contributed by atoms with Gasteiger partial charge < -0.3 is 5.32 Å². The maximum atomic E-state index is 12.0. The number of nitrogens with one attached hydrogen (secondary N) is 2. The third-order valence-corrected chi connectivity index (χ3v) is 4.92. The molecule has 1 aliphatic carbocycles. The highest BCUT2D eigenvalue weighted by Gasteiger charge is 2.26. The number of thiophene rings is 1. The number of nitrogens with zero attached hydrogens (tertiary/aromatic N) is 1. The lowest BCUT2D eigenvalue weighted by Gasteiger charge is -2.11. The average molecular weight is 311 g/mol. The van der Waals surface area contributed by atoms with Crippen molar-refractivity contribution in [3.05, 3.63) is 51.8 Å². The van der Waals surface area contributed by atoms with Crippen LogP contribution in [-0.2, 0) is 6.42 Å². The van der Waals surface area contributed by atoms with Crippen LogP contribution in [0.1, 0.15) is 40.2 Å². The smallest absolute Gasteiger partial charge is 0.252 e. The number of hydrogen-bond acceptors (Lipinski definition) is 3. The number of H-pyrrole nitrogens is 1. The van der Waals surface area contributed by atoms with Gasteiger partial charge >= 0.3 is 0 Å². The van der Waals surface area contributed by atoms with E-state index in [1.165, 1.54) is 29.4 Å². The van der Waals surface area contributed by atoms with E-state index in [0.29, 0.717) is 12.5 Å². The number of hydrogen-bond donors (Lipinski definition) is 2. The van der Waals surface area contributed by atoms with E-state index >= 15 is 0 Å². The molecule has 1 saturated carbocycles. The summed E-state index contributed by atoms with van der Waals surface area (Å²) in [4.78, 5) is 12.0. The van der Waals surface area contributed by atoms with Crippen molar-refractivity contribution < 1.29 is 4.79 Å². The molecule has 2 heterocycles. The summed E-state index contributed by atoms with van der Waals surface area (Å²) >= 11 is 1.54. The summed E-state index contributed by atoms with van der Waals surface area (Å²) in [6, 6.07) is 6.18. The van der Waals surface area contributed by atoms with E-state index in [-0.39, 0.29) is 5.91 Å². The lowest BCUT2D eigenvalue weighted by atomic mass is 9.97. The summed E-state index contributed by atoms with van der Waals surface area (Å²) in [6.07, 6.45) is 5.30. The molecular formula is C17H17N3OS. The first-order valence-corrected chi connectivity index (χ1v) is 8.52. The number of rotatable bonds is 5. The second-order valence-electron chi connectivity index (χ2n) is 5.76. The van der Waals surface area contributed by atoms with E-state index in [2.05, 4.69) is 27.6 Å². The van der Waals surface area contributed by atoms with Crippen molar-refractivity contribution in [3.8, 4) is 0 Å². The quantitative estimate of drug-likeness (QED) is 0.758. The molecule has 1 aromatic carbocycles. The first-order valence-electron chi connectivity index (χ1n) is 7.58. The first-order chi connectivity index (χ1) is 10.8. The fraction of sp³-hybridized carbons (Fsp3) is 0.294. The minimum Gasteiger partial charge on any atom is -0.352 e. The number of aromatic nitrogens is 2. The van der Waals surface area contributed by atoms with E-state index in [1.807, 2.05) is 23.0 Å². The topological polar surface area (TPSA) is 57.8 Å². The molecule has 2 N–H and O–H groups in total. The van der Waals surface area contributed by atoms with Crippen LogP contribution < -0.4 is 5.32 Å². The largest absolute Gasteiger partial charge is 0.352 e. The van der Waals surface area contributed by atoms with Gasteiger partial charge in [0.25, 0.3) is 5.91 Å². The van der Waals surface area contributed by atoms with Gasteiger partial charge in [0.15, 0.2) is 0 Å². The van der Waals surface area contributed by atoms with Gasteiger partial charge in [0, 0.05) is 22.9 Å². The molecule has 1 amide bonds. The average Bonchev–Trinajstić information content (AvgIpc) is 3.04. The van der Waals surface area contributed by atoms with Crippen LogP contribution in [0, 0.1) is 0 Å². The zero-order valence-corrected chi connectivity index (χ0v) is 13.0. The molecule has 4 rings (SSSR count). The minimum absolute atomic E-state index is 0.00795. The van der Waals surface area contributed by atoms with Crippen molar-refractivity contribution in [2.75, 3.05) is 6.54 Å². The zero-order valence-electron chi connectivity index (χ0n) is 12.1. The molecule has 0 bridgehead atoms. The zero-order chi connectivity index (χ0) is 14.9. The van der Waals surface area contributed by atoms with E-state index < -0.39 is 0 Å². The highest BCUT2D eigenvalue weighted by Crippen LogP contribution is 2.43. The third kappa shape index (κ3) is 2.52. The van der Waals surface area contributed by atoms with Crippen molar-refractivity contribution in [2.24, 2.45) is 0 Å². The maximum absolute atomic E-state index is 12.0. The molecule has 0 saturated heterocycles. The van der Waals surface area contributed by atoms with Gasteiger partial charge in [-0.2, -0.15) is 16.4 Å². The van der Waals surface area contributed by atoms with Gasteiger partial charge in [0.1, 0.15) is 0 Å². The molecule has 0 unspecified atom stereocenters. The van der Waals surface area contributed by atoms with Gasteiger partial charge in [0.05, 0.1) is 11.7 Å². The van der Waals surface area contributed by atoms with Gasteiger partial charge in [-0.25, -0.2) is 0 Å². The number of aromatic amines is 1. The second kappa shape index (κ2) is 5.57. The molecular weight excluding hydrogens is 294 g/mol. The fourth-order valence-electron chi connectivity index (χ4n) is 2.95.